The number of rotatable bonds is 3. The molecule has 2 aliphatic heterocycles. The van der Waals surface area contributed by atoms with Crippen molar-refractivity contribution >= 4 is 29.7 Å². The second kappa shape index (κ2) is 7.54. The Labute approximate surface area is 168 Å². The lowest BCUT2D eigenvalue weighted by molar-refractivity contribution is -0.0792. The van der Waals surface area contributed by atoms with Gasteiger partial charge in [0.05, 0.1) is 29.3 Å². The van der Waals surface area contributed by atoms with E-state index in [-0.39, 0.29) is 23.9 Å². The van der Waals surface area contributed by atoms with E-state index < -0.39 is 0 Å². The summed E-state index contributed by atoms with van der Waals surface area (Å²) in [6.45, 7) is 3.20. The minimum absolute atomic E-state index is 0. The van der Waals surface area contributed by atoms with Crippen LogP contribution < -0.4 is 10.6 Å². The number of hydrogen-bond acceptors (Lipinski definition) is 5. The van der Waals surface area contributed by atoms with Gasteiger partial charge in [-0.15, -0.1) is 23.7 Å². The van der Waals surface area contributed by atoms with Crippen molar-refractivity contribution in [3.8, 4) is 0 Å². The number of piperidine rings is 1. The third-order valence-electron chi connectivity index (χ3n) is 5.95. The maximum Gasteiger partial charge on any atom is 0.261 e. The molecule has 0 bridgehead atoms. The van der Waals surface area contributed by atoms with Gasteiger partial charge in [-0.1, -0.05) is 0 Å². The van der Waals surface area contributed by atoms with E-state index in [1.807, 2.05) is 0 Å². The highest BCUT2D eigenvalue weighted by molar-refractivity contribution is 7.14. The minimum Gasteiger partial charge on any atom is -0.370 e. The zero-order chi connectivity index (χ0) is 17.6. The lowest BCUT2D eigenvalue weighted by Crippen LogP contribution is -2.44. The molecular weight excluding hydrogens is 384 g/mol. The second-order valence-corrected chi connectivity index (χ2v) is 8.59. The first kappa shape index (κ1) is 18.9. The summed E-state index contributed by atoms with van der Waals surface area (Å²) in [5.74, 6) is 0.00299. The van der Waals surface area contributed by atoms with Gasteiger partial charge < -0.3 is 15.4 Å². The molecule has 146 valence electrons. The molecule has 0 radical (unpaired) electrons. The standard InChI is InChI=1S/C19H24N4O2S.ClH/c24-18(21-11-15-12-2-1-3-14(12)22-23-15)17-10-13-16(26-17)4-9-25-19(13)5-7-20-8-6-19;/h10,20H,1-9,11H2,(H,21,24)(H,22,23);1H. The van der Waals surface area contributed by atoms with Gasteiger partial charge in [0.2, 0.25) is 0 Å². The number of ether oxygens (including phenoxy) is 1. The molecule has 2 aromatic rings. The second-order valence-electron chi connectivity index (χ2n) is 7.45. The monoisotopic (exact) mass is 408 g/mol. The molecule has 3 N–H and O–H groups in total. The molecule has 5 rings (SSSR count). The van der Waals surface area contributed by atoms with Gasteiger partial charge in [-0.05, 0) is 62.4 Å². The third kappa shape index (κ3) is 3.31. The van der Waals surface area contributed by atoms with Gasteiger partial charge in [0, 0.05) is 17.0 Å². The number of carbonyl (C=O) groups excluding carboxylic acids is 1. The maximum atomic E-state index is 12.7. The molecule has 0 atom stereocenters. The fourth-order valence-corrected chi connectivity index (χ4v) is 5.71. The highest BCUT2D eigenvalue weighted by Gasteiger charge is 2.40. The van der Waals surface area contributed by atoms with Gasteiger partial charge in [0.1, 0.15) is 0 Å². The number of thiophene rings is 1. The molecule has 0 aromatic carbocycles. The van der Waals surface area contributed by atoms with Crippen molar-refractivity contribution in [1.82, 2.24) is 20.8 Å². The lowest BCUT2D eigenvalue weighted by atomic mass is 9.83. The van der Waals surface area contributed by atoms with Crippen LogP contribution in [-0.4, -0.2) is 35.8 Å². The molecule has 27 heavy (non-hydrogen) atoms. The zero-order valence-electron chi connectivity index (χ0n) is 15.2. The topological polar surface area (TPSA) is 79.0 Å². The summed E-state index contributed by atoms with van der Waals surface area (Å²) in [6, 6.07) is 2.08. The Morgan fingerprint density at radius 3 is 3.00 bits per heavy atom. The average Bonchev–Trinajstić information content (AvgIpc) is 3.37. The van der Waals surface area contributed by atoms with E-state index in [0.717, 1.165) is 62.4 Å². The molecule has 8 heteroatoms. The number of hydrogen-bond donors (Lipinski definition) is 3. The van der Waals surface area contributed by atoms with Crippen LogP contribution in [0.3, 0.4) is 0 Å². The predicted octanol–water partition coefficient (Wildman–Crippen LogP) is 2.46. The number of aromatic nitrogens is 2. The van der Waals surface area contributed by atoms with Crippen LogP contribution in [0.15, 0.2) is 6.07 Å². The Bertz CT molecular complexity index is 841. The smallest absolute Gasteiger partial charge is 0.261 e. The molecule has 3 aliphatic rings. The quantitative estimate of drug-likeness (QED) is 0.728. The minimum atomic E-state index is -0.184. The number of aryl methyl sites for hydroxylation is 1. The van der Waals surface area contributed by atoms with Crippen molar-refractivity contribution in [3.63, 3.8) is 0 Å². The maximum absolute atomic E-state index is 12.7. The number of nitrogens with one attached hydrogen (secondary N) is 3. The van der Waals surface area contributed by atoms with Gasteiger partial charge in [0.15, 0.2) is 0 Å². The summed E-state index contributed by atoms with van der Waals surface area (Å²) in [5.41, 5.74) is 4.60. The van der Waals surface area contributed by atoms with Gasteiger partial charge >= 0.3 is 0 Å². The Balaban J connectivity index is 0.00000180. The molecule has 1 spiro atoms. The molecule has 6 nitrogen and oxygen atoms in total. The van der Waals surface area contributed by atoms with Crippen molar-refractivity contribution in [2.24, 2.45) is 0 Å². The first-order chi connectivity index (χ1) is 12.8. The van der Waals surface area contributed by atoms with E-state index in [4.69, 9.17) is 4.74 Å². The Kier molecular flexibility index (Phi) is 5.29. The molecular formula is C19H25ClN4O2S. The average molecular weight is 409 g/mol. The van der Waals surface area contributed by atoms with Gasteiger partial charge in [-0.3, -0.25) is 9.89 Å². The Morgan fingerprint density at radius 2 is 2.15 bits per heavy atom. The zero-order valence-corrected chi connectivity index (χ0v) is 16.9. The molecule has 1 aliphatic carbocycles. The van der Waals surface area contributed by atoms with Crippen LogP contribution in [0.5, 0.6) is 0 Å². The first-order valence-corrected chi connectivity index (χ1v) is 10.4. The van der Waals surface area contributed by atoms with E-state index in [2.05, 4.69) is 26.9 Å². The van der Waals surface area contributed by atoms with Crippen LogP contribution in [0.25, 0.3) is 0 Å². The molecule has 1 fully saturated rings. The Morgan fingerprint density at radius 1 is 1.30 bits per heavy atom. The molecule has 4 heterocycles. The van der Waals surface area contributed by atoms with E-state index in [0.29, 0.717) is 6.54 Å². The number of carbonyl (C=O) groups is 1. The largest absolute Gasteiger partial charge is 0.370 e. The van der Waals surface area contributed by atoms with Gasteiger partial charge in [-0.25, -0.2) is 0 Å². The summed E-state index contributed by atoms with van der Waals surface area (Å²) in [4.78, 5) is 14.9. The number of aromatic amines is 1. The number of H-pyrrole nitrogens is 1. The summed E-state index contributed by atoms with van der Waals surface area (Å²) in [6.07, 6.45) is 6.20. The summed E-state index contributed by atoms with van der Waals surface area (Å²) in [7, 11) is 0. The summed E-state index contributed by atoms with van der Waals surface area (Å²) >= 11 is 1.63. The number of fused-ring (bicyclic) bond motifs is 3. The highest BCUT2D eigenvalue weighted by atomic mass is 35.5. The summed E-state index contributed by atoms with van der Waals surface area (Å²) < 4.78 is 6.22. The first-order valence-electron chi connectivity index (χ1n) is 9.56. The summed E-state index contributed by atoms with van der Waals surface area (Å²) in [5, 5.41) is 14.0. The SMILES string of the molecule is Cl.O=C(NCc1n[nH]c2c1CCC2)c1cc2c(s1)CCOC21CCNCC1. The molecule has 2 aromatic heterocycles. The third-order valence-corrected chi connectivity index (χ3v) is 7.14. The van der Waals surface area contributed by atoms with E-state index >= 15 is 0 Å². The highest BCUT2D eigenvalue weighted by Crippen LogP contribution is 2.43. The van der Waals surface area contributed by atoms with Crippen LogP contribution in [-0.2, 0) is 36.1 Å². The molecule has 0 saturated carbocycles. The van der Waals surface area contributed by atoms with E-state index in [9.17, 15) is 4.79 Å². The van der Waals surface area contributed by atoms with Crippen molar-refractivity contribution in [1.29, 1.82) is 0 Å². The van der Waals surface area contributed by atoms with Gasteiger partial charge in [0.25, 0.3) is 5.91 Å². The Hall–Kier alpha value is -1.41. The predicted molar refractivity (Wildman–Crippen MR) is 107 cm³/mol. The molecule has 1 saturated heterocycles. The van der Waals surface area contributed by atoms with Crippen LogP contribution in [0, 0.1) is 0 Å². The van der Waals surface area contributed by atoms with Crippen LogP contribution in [0.4, 0.5) is 0 Å². The molecule has 0 unspecified atom stereocenters. The number of amides is 1. The number of nitrogens with zero attached hydrogens (tertiary/aromatic N) is 1. The van der Waals surface area contributed by atoms with Crippen molar-refractivity contribution in [2.45, 2.75) is 50.7 Å². The van der Waals surface area contributed by atoms with Crippen LogP contribution >= 0.6 is 23.7 Å². The van der Waals surface area contributed by atoms with E-state index in [1.165, 1.54) is 28.1 Å². The molecule has 1 amide bonds. The van der Waals surface area contributed by atoms with Crippen molar-refractivity contribution in [2.75, 3.05) is 19.7 Å². The van der Waals surface area contributed by atoms with E-state index in [1.54, 1.807) is 11.3 Å². The van der Waals surface area contributed by atoms with Crippen LogP contribution in [0.1, 0.15) is 56.3 Å². The normalized spacial score (nSPS) is 20.0. The van der Waals surface area contributed by atoms with Crippen molar-refractivity contribution < 1.29 is 9.53 Å². The number of halogens is 1. The lowest BCUT2D eigenvalue weighted by Gasteiger charge is -2.40. The van der Waals surface area contributed by atoms with Crippen LogP contribution in [0.2, 0.25) is 0 Å². The fraction of sp³-hybridized carbons (Fsp3) is 0.579. The van der Waals surface area contributed by atoms with Crippen molar-refractivity contribution in [3.05, 3.63) is 38.3 Å². The van der Waals surface area contributed by atoms with Gasteiger partial charge in [-0.2, -0.15) is 5.10 Å². The fourth-order valence-electron chi connectivity index (χ4n) is 4.56.